The van der Waals surface area contributed by atoms with Crippen LogP contribution in [0.25, 0.3) is 0 Å². The zero-order valence-electron chi connectivity index (χ0n) is 7.61. The molecule has 0 aromatic carbocycles. The summed E-state index contributed by atoms with van der Waals surface area (Å²) in [6.07, 6.45) is 0. The number of rotatable bonds is 5. The van der Waals surface area contributed by atoms with E-state index in [0.717, 1.165) is 19.7 Å². The van der Waals surface area contributed by atoms with Crippen LogP contribution in [0.1, 0.15) is 13.8 Å². The summed E-state index contributed by atoms with van der Waals surface area (Å²) < 4.78 is 4.98. The highest BCUT2D eigenvalue weighted by Crippen LogP contribution is 1.90. The van der Waals surface area contributed by atoms with Crippen molar-refractivity contribution in [3.8, 4) is 11.8 Å². The minimum Gasteiger partial charge on any atom is -0.384 e. The van der Waals surface area contributed by atoms with Crippen LogP contribution < -0.4 is 5.32 Å². The maximum Gasteiger partial charge on any atom is 0.0576 e. The summed E-state index contributed by atoms with van der Waals surface area (Å²) in [6.45, 7) is 6.57. The highest BCUT2D eigenvalue weighted by atomic mass is 16.5. The first-order valence-corrected chi connectivity index (χ1v) is 3.90. The van der Waals surface area contributed by atoms with Crippen LogP contribution in [-0.4, -0.2) is 26.8 Å². The molecule has 2 nitrogen and oxygen atoms in total. The molecule has 0 aliphatic heterocycles. The second kappa shape index (κ2) is 7.59. The van der Waals surface area contributed by atoms with Crippen LogP contribution in [0.2, 0.25) is 0 Å². The van der Waals surface area contributed by atoms with Gasteiger partial charge in [-0.3, -0.25) is 0 Å². The molecule has 2 heteroatoms. The Morgan fingerprint density at radius 1 is 1.55 bits per heavy atom. The molecule has 1 unspecified atom stereocenters. The largest absolute Gasteiger partial charge is 0.384 e. The van der Waals surface area contributed by atoms with Crippen LogP contribution >= 0.6 is 0 Å². The van der Waals surface area contributed by atoms with Gasteiger partial charge < -0.3 is 10.1 Å². The number of methoxy groups -OCH3 is 1. The topological polar surface area (TPSA) is 21.3 Å². The van der Waals surface area contributed by atoms with Crippen molar-refractivity contribution < 1.29 is 4.74 Å². The van der Waals surface area contributed by atoms with Gasteiger partial charge in [0.25, 0.3) is 0 Å². The Kier molecular flexibility index (Phi) is 7.23. The van der Waals surface area contributed by atoms with E-state index in [0.29, 0.717) is 5.92 Å². The Hall–Kier alpha value is -0.520. The molecule has 0 bridgehead atoms. The first-order chi connectivity index (χ1) is 5.31. The van der Waals surface area contributed by atoms with E-state index in [1.54, 1.807) is 7.11 Å². The van der Waals surface area contributed by atoms with Crippen molar-refractivity contribution in [2.24, 2.45) is 5.92 Å². The zero-order chi connectivity index (χ0) is 8.53. The van der Waals surface area contributed by atoms with Crippen LogP contribution in [0.4, 0.5) is 0 Å². The normalized spacial score (nSPS) is 11.9. The molecule has 0 aromatic heterocycles. The predicted molar refractivity (Wildman–Crippen MR) is 47.4 cm³/mol. The number of nitrogens with one attached hydrogen (secondary N) is 1. The molecule has 1 atom stereocenters. The van der Waals surface area contributed by atoms with Crippen molar-refractivity contribution in [2.45, 2.75) is 13.8 Å². The maximum absolute atomic E-state index is 4.98. The van der Waals surface area contributed by atoms with Crippen LogP contribution in [0.3, 0.4) is 0 Å². The molecule has 0 radical (unpaired) electrons. The Morgan fingerprint density at radius 2 is 2.27 bits per heavy atom. The number of ether oxygens (including phenoxy) is 1. The van der Waals surface area contributed by atoms with E-state index >= 15 is 0 Å². The summed E-state index contributed by atoms with van der Waals surface area (Å²) in [6, 6.07) is 0. The first-order valence-electron chi connectivity index (χ1n) is 3.90. The highest BCUT2D eigenvalue weighted by molar-refractivity contribution is 4.96. The average Bonchev–Trinajstić information content (AvgIpc) is 1.99. The second-order valence-corrected chi connectivity index (χ2v) is 2.62. The van der Waals surface area contributed by atoms with E-state index in [9.17, 15) is 0 Å². The van der Waals surface area contributed by atoms with Gasteiger partial charge in [0, 0.05) is 20.3 Å². The fourth-order valence-corrected chi connectivity index (χ4v) is 0.813. The van der Waals surface area contributed by atoms with E-state index < -0.39 is 0 Å². The van der Waals surface area contributed by atoms with Crippen molar-refractivity contribution in [1.82, 2.24) is 5.32 Å². The van der Waals surface area contributed by atoms with E-state index in [2.05, 4.69) is 24.1 Å². The molecule has 0 aliphatic carbocycles. The van der Waals surface area contributed by atoms with Gasteiger partial charge in [-0.15, -0.1) is 5.92 Å². The van der Waals surface area contributed by atoms with Crippen molar-refractivity contribution in [1.29, 1.82) is 0 Å². The Bertz CT molecular complexity index is 134. The second-order valence-electron chi connectivity index (χ2n) is 2.62. The average molecular weight is 155 g/mol. The third kappa shape index (κ3) is 7.38. The minimum absolute atomic E-state index is 0.568. The van der Waals surface area contributed by atoms with Crippen LogP contribution in [-0.2, 0) is 4.74 Å². The Balaban J connectivity index is 3.14. The molecule has 1 N–H and O–H groups in total. The molecule has 64 valence electrons. The van der Waals surface area contributed by atoms with Gasteiger partial charge >= 0.3 is 0 Å². The zero-order valence-corrected chi connectivity index (χ0v) is 7.61. The maximum atomic E-state index is 4.98. The third-order valence-electron chi connectivity index (χ3n) is 1.33. The van der Waals surface area contributed by atoms with Gasteiger partial charge in [0.1, 0.15) is 0 Å². The van der Waals surface area contributed by atoms with Crippen molar-refractivity contribution in [2.75, 3.05) is 26.8 Å². The quantitative estimate of drug-likeness (QED) is 0.470. The molecule has 11 heavy (non-hydrogen) atoms. The van der Waals surface area contributed by atoms with Crippen molar-refractivity contribution in [3.63, 3.8) is 0 Å². The summed E-state index contributed by atoms with van der Waals surface area (Å²) in [5, 5.41) is 3.22. The molecule has 0 saturated heterocycles. The summed E-state index contributed by atoms with van der Waals surface area (Å²) in [4.78, 5) is 0. The molecule has 0 spiro atoms. The van der Waals surface area contributed by atoms with Gasteiger partial charge in [0.05, 0.1) is 6.54 Å². The first kappa shape index (κ1) is 10.5. The lowest BCUT2D eigenvalue weighted by Crippen LogP contribution is -2.23. The summed E-state index contributed by atoms with van der Waals surface area (Å²) in [5.74, 6) is 6.34. The van der Waals surface area contributed by atoms with Crippen LogP contribution in [0, 0.1) is 17.8 Å². The molecule has 0 aromatic rings. The molecule has 0 saturated carbocycles. The third-order valence-corrected chi connectivity index (χ3v) is 1.33. The smallest absolute Gasteiger partial charge is 0.0576 e. The van der Waals surface area contributed by atoms with E-state index in [1.165, 1.54) is 0 Å². The van der Waals surface area contributed by atoms with Gasteiger partial charge in [-0.1, -0.05) is 12.8 Å². The molecule has 0 amide bonds. The summed E-state index contributed by atoms with van der Waals surface area (Å²) in [5.41, 5.74) is 0. The number of hydrogen-bond donors (Lipinski definition) is 1. The molecular weight excluding hydrogens is 138 g/mol. The standard InChI is InChI=1S/C9H17NO/c1-4-5-6-10-7-9(2)8-11-3/h9-10H,6-8H2,1-3H3. The van der Waals surface area contributed by atoms with Gasteiger partial charge in [-0.05, 0) is 12.8 Å². The van der Waals surface area contributed by atoms with Gasteiger partial charge in [-0.25, -0.2) is 0 Å². The lowest BCUT2D eigenvalue weighted by atomic mass is 10.2. The predicted octanol–water partition coefficient (Wildman–Crippen LogP) is 0.882. The SMILES string of the molecule is CC#CCNCC(C)COC. The van der Waals surface area contributed by atoms with Crippen molar-refractivity contribution in [3.05, 3.63) is 0 Å². The summed E-state index contributed by atoms with van der Waals surface area (Å²) in [7, 11) is 1.72. The Morgan fingerprint density at radius 3 is 2.82 bits per heavy atom. The van der Waals surface area contributed by atoms with Gasteiger partial charge in [0.15, 0.2) is 0 Å². The number of hydrogen-bond acceptors (Lipinski definition) is 2. The van der Waals surface area contributed by atoms with E-state index in [-0.39, 0.29) is 0 Å². The lowest BCUT2D eigenvalue weighted by Gasteiger charge is -2.08. The van der Waals surface area contributed by atoms with E-state index in [1.807, 2.05) is 6.92 Å². The molecular formula is C9H17NO. The fourth-order valence-electron chi connectivity index (χ4n) is 0.813. The van der Waals surface area contributed by atoms with Gasteiger partial charge in [-0.2, -0.15) is 0 Å². The Labute approximate surface area is 69.3 Å². The monoisotopic (exact) mass is 155 g/mol. The molecule has 0 rings (SSSR count). The molecule has 0 heterocycles. The highest BCUT2D eigenvalue weighted by Gasteiger charge is 1.97. The molecule has 0 fully saturated rings. The minimum atomic E-state index is 0.568. The van der Waals surface area contributed by atoms with Crippen LogP contribution in [0.5, 0.6) is 0 Å². The van der Waals surface area contributed by atoms with Gasteiger partial charge in [0.2, 0.25) is 0 Å². The fraction of sp³-hybridized carbons (Fsp3) is 0.778. The molecule has 0 aliphatic rings. The van der Waals surface area contributed by atoms with Crippen molar-refractivity contribution >= 4 is 0 Å². The lowest BCUT2D eigenvalue weighted by molar-refractivity contribution is 0.159. The van der Waals surface area contributed by atoms with E-state index in [4.69, 9.17) is 4.74 Å². The van der Waals surface area contributed by atoms with Crippen LogP contribution in [0.15, 0.2) is 0 Å². The summed E-state index contributed by atoms with van der Waals surface area (Å²) >= 11 is 0.